The van der Waals surface area contributed by atoms with Crippen molar-refractivity contribution in [3.8, 4) is 11.1 Å². The van der Waals surface area contributed by atoms with Gasteiger partial charge in [-0.25, -0.2) is 26.3 Å². The van der Waals surface area contributed by atoms with Gasteiger partial charge in [0.2, 0.25) is 10.0 Å². The molecule has 3 aliphatic rings. The summed E-state index contributed by atoms with van der Waals surface area (Å²) in [4.78, 5) is 25.7. The minimum Gasteiger partial charge on any atom is -0.456 e. The Morgan fingerprint density at radius 3 is 2.37 bits per heavy atom. The van der Waals surface area contributed by atoms with Gasteiger partial charge in [0.15, 0.2) is 6.61 Å². The van der Waals surface area contributed by atoms with Gasteiger partial charge >= 0.3 is 5.97 Å². The van der Waals surface area contributed by atoms with Crippen LogP contribution < -0.4 is 4.72 Å². The largest absolute Gasteiger partial charge is 0.456 e. The summed E-state index contributed by atoms with van der Waals surface area (Å²) in [7, 11) is -3.65. The lowest BCUT2D eigenvalue weighted by Gasteiger charge is -2.58. The minimum absolute atomic E-state index is 0.0157. The highest BCUT2D eigenvalue weighted by Crippen LogP contribution is 2.44. The van der Waals surface area contributed by atoms with Crippen molar-refractivity contribution in [1.29, 1.82) is 0 Å². The molecule has 2 aromatic carbocycles. The number of esters is 1. The van der Waals surface area contributed by atoms with Crippen LogP contribution in [0.1, 0.15) is 25.3 Å². The third-order valence-electron chi connectivity index (χ3n) is 6.54. The molecule has 1 amide bonds. The van der Waals surface area contributed by atoms with Crippen LogP contribution in [0.2, 0.25) is 0 Å². The van der Waals surface area contributed by atoms with E-state index in [0.29, 0.717) is 18.9 Å². The van der Waals surface area contributed by atoms with Crippen LogP contribution in [0, 0.1) is 23.4 Å². The first-order chi connectivity index (χ1) is 16.4. The maximum Gasteiger partial charge on any atom is 0.303 e. The third kappa shape index (κ3) is 5.51. The smallest absolute Gasteiger partial charge is 0.303 e. The molecule has 2 heterocycles. The van der Waals surface area contributed by atoms with Crippen LogP contribution in [0.3, 0.4) is 0 Å². The molecule has 0 spiro atoms. The fourth-order valence-corrected chi connectivity index (χ4v) is 5.92. The first-order valence-corrected chi connectivity index (χ1v) is 13.0. The van der Waals surface area contributed by atoms with E-state index in [2.05, 4.69) is 4.72 Å². The van der Waals surface area contributed by atoms with E-state index >= 15 is 4.39 Å². The Hall–Kier alpha value is -2.92. The molecule has 2 bridgehead atoms. The number of carbonyl (C=O) groups excluding carboxylic acids is 2. The Morgan fingerprint density at radius 1 is 1.11 bits per heavy atom. The van der Waals surface area contributed by atoms with Crippen molar-refractivity contribution >= 4 is 21.9 Å². The van der Waals surface area contributed by atoms with E-state index in [9.17, 15) is 26.8 Å². The summed E-state index contributed by atoms with van der Waals surface area (Å²) in [6.45, 7) is 0.661. The fraction of sp³-hybridized carbons (Fsp3) is 0.417. The molecule has 2 atom stereocenters. The molecule has 1 saturated carbocycles. The van der Waals surface area contributed by atoms with E-state index < -0.39 is 58.0 Å². The van der Waals surface area contributed by atoms with Gasteiger partial charge in [-0.2, -0.15) is 0 Å². The normalized spacial score (nSPS) is 23.5. The Kier molecular flexibility index (Phi) is 6.92. The molecular formula is C24H25F3N2O5S. The number of fused-ring (bicyclic) bond motifs is 2. The van der Waals surface area contributed by atoms with Gasteiger partial charge in [0.25, 0.3) is 5.91 Å². The molecule has 11 heteroatoms. The molecule has 5 rings (SSSR count). The van der Waals surface area contributed by atoms with E-state index in [-0.39, 0.29) is 35.1 Å². The molecule has 2 saturated heterocycles. The van der Waals surface area contributed by atoms with Gasteiger partial charge in [0.1, 0.15) is 17.5 Å². The monoisotopic (exact) mass is 510 g/mol. The second kappa shape index (κ2) is 9.62. The number of sulfonamides is 1. The second-order valence-electron chi connectivity index (χ2n) is 9.09. The van der Waals surface area contributed by atoms with Crippen molar-refractivity contribution in [2.24, 2.45) is 5.92 Å². The average Bonchev–Trinajstić information content (AvgIpc) is 2.71. The van der Waals surface area contributed by atoms with Crippen LogP contribution in [-0.2, 0) is 30.8 Å². The molecule has 2 aliphatic heterocycles. The molecule has 7 nitrogen and oxygen atoms in total. The Labute approximate surface area is 201 Å². The number of nitrogens with one attached hydrogen (secondary N) is 1. The lowest BCUT2D eigenvalue weighted by Crippen LogP contribution is -2.70. The number of rotatable bonds is 7. The zero-order chi connectivity index (χ0) is 25.5. The van der Waals surface area contributed by atoms with Crippen molar-refractivity contribution in [3.63, 3.8) is 0 Å². The van der Waals surface area contributed by atoms with Gasteiger partial charge in [-0.05, 0) is 48.4 Å². The highest BCUT2D eigenvalue weighted by molar-refractivity contribution is 7.88. The molecule has 1 N–H and O–H groups in total. The molecule has 0 aromatic heterocycles. The highest BCUT2D eigenvalue weighted by Gasteiger charge is 2.53. The number of carbonyl (C=O) groups is 2. The first-order valence-electron chi connectivity index (χ1n) is 11.1. The number of halogens is 3. The lowest BCUT2D eigenvalue weighted by atomic mass is 9.66. The number of ether oxygens (including phenoxy) is 1. The zero-order valence-corrected chi connectivity index (χ0v) is 19.9. The molecule has 2 aromatic rings. The molecule has 35 heavy (non-hydrogen) atoms. The van der Waals surface area contributed by atoms with E-state index in [1.165, 1.54) is 30.0 Å². The highest BCUT2D eigenvalue weighted by atomic mass is 32.2. The maximum absolute atomic E-state index is 15.6. The molecule has 0 radical (unpaired) electrons. The second-order valence-corrected chi connectivity index (χ2v) is 10.9. The van der Waals surface area contributed by atoms with Crippen LogP contribution in [0.15, 0.2) is 36.4 Å². The Balaban J connectivity index is 1.70. The number of amides is 1. The summed E-state index contributed by atoms with van der Waals surface area (Å²) >= 11 is 0. The van der Waals surface area contributed by atoms with Gasteiger partial charge in [-0.1, -0.05) is 18.2 Å². The number of hydrogen-bond donors (Lipinski definition) is 1. The van der Waals surface area contributed by atoms with Crippen LogP contribution in [-0.4, -0.2) is 56.2 Å². The minimum atomic E-state index is -3.65. The fourth-order valence-electron chi connectivity index (χ4n) is 5.08. The summed E-state index contributed by atoms with van der Waals surface area (Å²) in [6, 6.07) is 5.52. The van der Waals surface area contributed by atoms with Gasteiger partial charge < -0.3 is 9.64 Å². The van der Waals surface area contributed by atoms with Crippen LogP contribution in [0.4, 0.5) is 13.2 Å². The van der Waals surface area contributed by atoms with Gasteiger partial charge in [0, 0.05) is 30.6 Å². The Morgan fingerprint density at radius 2 is 1.77 bits per heavy atom. The average molecular weight is 511 g/mol. The molecular weight excluding hydrogens is 485 g/mol. The number of nitrogens with zero attached hydrogens (tertiary/aromatic N) is 1. The Bertz CT molecular complexity index is 1240. The lowest BCUT2D eigenvalue weighted by molar-refractivity contribution is -0.160. The molecule has 1 aliphatic carbocycles. The van der Waals surface area contributed by atoms with Gasteiger partial charge in [0.05, 0.1) is 12.3 Å². The van der Waals surface area contributed by atoms with Gasteiger partial charge in [-0.3, -0.25) is 9.59 Å². The van der Waals surface area contributed by atoms with Crippen molar-refractivity contribution in [1.82, 2.24) is 9.62 Å². The SMILES string of the molecule is CC(=O)OCC(=O)N1C2CC(C2)[C@H](NS(C)(=O)=O)[C@@H]1Cc1cccc(-c2cc(F)cc(F)c2)c1F. The van der Waals surface area contributed by atoms with Crippen LogP contribution >= 0.6 is 0 Å². The summed E-state index contributed by atoms with van der Waals surface area (Å²) in [5.74, 6) is -3.60. The van der Waals surface area contributed by atoms with Crippen LogP contribution in [0.5, 0.6) is 0 Å². The summed E-state index contributed by atoms with van der Waals surface area (Å²) < 4.78 is 74.7. The molecule has 188 valence electrons. The van der Waals surface area contributed by atoms with Crippen LogP contribution in [0.25, 0.3) is 11.1 Å². The standard InChI is InChI=1S/C24H25F3N2O5S/c1-13(30)34-12-22(31)29-19-8-16(9-19)24(28-35(2,32)33)21(29)10-14-4-3-5-20(23(14)27)15-6-17(25)11-18(26)7-15/h3-7,11,16,19,21,24,28H,8-10,12H2,1-2H3/t16?,19?,21-,24-/m0/s1. The third-order valence-corrected chi connectivity index (χ3v) is 7.24. The number of piperidine rings is 2. The van der Waals surface area contributed by atoms with Crippen molar-refractivity contribution in [2.75, 3.05) is 12.9 Å². The van der Waals surface area contributed by atoms with E-state index in [1.807, 2.05) is 0 Å². The molecule has 0 unspecified atom stereocenters. The van der Waals surface area contributed by atoms with E-state index in [0.717, 1.165) is 18.4 Å². The number of benzene rings is 2. The van der Waals surface area contributed by atoms with E-state index in [4.69, 9.17) is 4.74 Å². The van der Waals surface area contributed by atoms with Gasteiger partial charge in [-0.15, -0.1) is 0 Å². The predicted octanol–water partition coefficient (Wildman–Crippen LogP) is 2.78. The quantitative estimate of drug-likeness (QED) is 0.579. The summed E-state index contributed by atoms with van der Waals surface area (Å²) in [5.41, 5.74) is 0.151. The van der Waals surface area contributed by atoms with Crippen molar-refractivity contribution < 1.29 is 35.9 Å². The predicted molar refractivity (Wildman–Crippen MR) is 121 cm³/mol. The van der Waals surface area contributed by atoms with Crippen molar-refractivity contribution in [2.45, 2.75) is 44.3 Å². The first kappa shape index (κ1) is 25.2. The summed E-state index contributed by atoms with van der Waals surface area (Å²) in [5, 5.41) is 0. The molecule has 3 fully saturated rings. The maximum atomic E-state index is 15.6. The topological polar surface area (TPSA) is 92.8 Å². The van der Waals surface area contributed by atoms with Crippen molar-refractivity contribution in [3.05, 3.63) is 59.4 Å². The summed E-state index contributed by atoms with van der Waals surface area (Å²) in [6.07, 6.45) is 2.10. The van der Waals surface area contributed by atoms with E-state index in [1.54, 1.807) is 0 Å². The number of hydrogen-bond acceptors (Lipinski definition) is 5. The zero-order valence-electron chi connectivity index (χ0n) is 19.1.